The molecular formula is C19H13ClF4N2O2S. The number of aromatic nitrogens is 1. The minimum Gasteiger partial charge on any atom is -0.486 e. The first-order valence-electron chi connectivity index (χ1n) is 8.16. The van der Waals surface area contributed by atoms with Crippen LogP contribution in [0.15, 0.2) is 42.5 Å². The molecule has 1 amide bonds. The Bertz CT molecular complexity index is 1040. The number of thiazole rings is 1. The lowest BCUT2D eigenvalue weighted by Gasteiger charge is -2.11. The number of nitrogens with zero attached hydrogens (tertiary/aromatic N) is 1. The van der Waals surface area contributed by atoms with E-state index in [2.05, 4.69) is 10.3 Å². The molecule has 3 rings (SSSR count). The minimum absolute atomic E-state index is 0.0383. The molecule has 1 heterocycles. The molecule has 0 aliphatic carbocycles. The lowest BCUT2D eigenvalue weighted by atomic mass is 10.2. The number of ether oxygens (including phenoxy) is 1. The molecule has 152 valence electrons. The second-order valence-corrected chi connectivity index (χ2v) is 7.40. The average molecular weight is 445 g/mol. The van der Waals surface area contributed by atoms with Gasteiger partial charge in [0, 0.05) is 5.69 Å². The zero-order chi connectivity index (χ0) is 21.2. The van der Waals surface area contributed by atoms with Gasteiger partial charge in [-0.25, -0.2) is 9.37 Å². The van der Waals surface area contributed by atoms with Crippen molar-refractivity contribution in [2.24, 2.45) is 0 Å². The number of rotatable bonds is 5. The molecule has 2 aromatic carbocycles. The predicted octanol–water partition coefficient (Wildman–Crippen LogP) is 6.09. The van der Waals surface area contributed by atoms with Gasteiger partial charge in [-0.15, -0.1) is 11.3 Å². The van der Waals surface area contributed by atoms with Gasteiger partial charge in [0.05, 0.1) is 16.3 Å². The first-order valence-corrected chi connectivity index (χ1v) is 9.35. The van der Waals surface area contributed by atoms with Crippen LogP contribution >= 0.6 is 22.9 Å². The van der Waals surface area contributed by atoms with Crippen LogP contribution in [0.1, 0.15) is 25.9 Å². The summed E-state index contributed by atoms with van der Waals surface area (Å²) in [5, 5.41) is 2.46. The van der Waals surface area contributed by atoms with Crippen LogP contribution in [0.3, 0.4) is 0 Å². The molecule has 29 heavy (non-hydrogen) atoms. The quantitative estimate of drug-likeness (QED) is 0.484. The third-order valence-electron chi connectivity index (χ3n) is 3.75. The van der Waals surface area contributed by atoms with Gasteiger partial charge in [-0.3, -0.25) is 4.79 Å². The van der Waals surface area contributed by atoms with Crippen molar-refractivity contribution in [1.29, 1.82) is 0 Å². The molecular weight excluding hydrogens is 432 g/mol. The number of alkyl halides is 3. The largest absolute Gasteiger partial charge is 0.486 e. The molecule has 0 bridgehead atoms. The zero-order valence-electron chi connectivity index (χ0n) is 14.8. The fourth-order valence-corrected chi connectivity index (χ4v) is 3.51. The fraction of sp³-hybridized carbons (Fsp3) is 0.158. The second kappa shape index (κ2) is 8.38. The van der Waals surface area contributed by atoms with Crippen LogP contribution in [0.4, 0.5) is 23.2 Å². The highest BCUT2D eigenvalue weighted by molar-refractivity contribution is 7.13. The van der Waals surface area contributed by atoms with Gasteiger partial charge in [-0.1, -0.05) is 11.6 Å². The molecule has 3 aromatic rings. The van der Waals surface area contributed by atoms with Crippen LogP contribution < -0.4 is 10.1 Å². The SMILES string of the molecule is Cc1nc(COc2ccc(F)cc2)sc1C(=O)Nc1ccc(Cl)c(C(F)(F)F)c1. The summed E-state index contributed by atoms with van der Waals surface area (Å²) in [7, 11) is 0. The van der Waals surface area contributed by atoms with Gasteiger partial charge >= 0.3 is 6.18 Å². The first-order chi connectivity index (χ1) is 13.6. The van der Waals surface area contributed by atoms with Gasteiger partial charge < -0.3 is 10.1 Å². The fourth-order valence-electron chi connectivity index (χ4n) is 2.41. The highest BCUT2D eigenvalue weighted by Gasteiger charge is 2.33. The van der Waals surface area contributed by atoms with E-state index in [1.54, 1.807) is 6.92 Å². The molecule has 0 aliphatic heterocycles. The molecule has 0 radical (unpaired) electrons. The van der Waals surface area contributed by atoms with E-state index >= 15 is 0 Å². The lowest BCUT2D eigenvalue weighted by molar-refractivity contribution is -0.137. The predicted molar refractivity (Wildman–Crippen MR) is 102 cm³/mol. The van der Waals surface area contributed by atoms with Crippen molar-refractivity contribution in [2.75, 3.05) is 5.32 Å². The van der Waals surface area contributed by atoms with Crippen molar-refractivity contribution < 1.29 is 27.1 Å². The number of halogens is 5. The molecule has 10 heteroatoms. The molecule has 0 fully saturated rings. The number of hydrogen-bond acceptors (Lipinski definition) is 4. The maximum atomic E-state index is 13.0. The summed E-state index contributed by atoms with van der Waals surface area (Å²) < 4.78 is 57.3. The molecule has 1 N–H and O–H groups in total. The first kappa shape index (κ1) is 21.1. The Balaban J connectivity index is 1.71. The summed E-state index contributed by atoms with van der Waals surface area (Å²) in [6, 6.07) is 8.55. The van der Waals surface area contributed by atoms with Gasteiger partial charge in [0.15, 0.2) is 0 Å². The molecule has 0 spiro atoms. The van der Waals surface area contributed by atoms with Gasteiger partial charge in [-0.2, -0.15) is 13.2 Å². The highest BCUT2D eigenvalue weighted by Crippen LogP contribution is 2.36. The van der Waals surface area contributed by atoms with Gasteiger partial charge in [-0.05, 0) is 49.4 Å². The third kappa shape index (κ3) is 5.24. The number of carbonyl (C=O) groups is 1. The standard InChI is InChI=1S/C19H13ClF4N2O2S/c1-10-17(29-16(25-10)9-28-13-5-2-11(21)3-6-13)18(27)26-12-4-7-15(20)14(8-12)19(22,23)24/h2-8H,9H2,1H3,(H,26,27). The van der Waals surface area contributed by atoms with Crippen LogP contribution in [0.5, 0.6) is 5.75 Å². The summed E-state index contributed by atoms with van der Waals surface area (Å²) >= 11 is 6.63. The maximum absolute atomic E-state index is 13.0. The molecule has 1 aromatic heterocycles. The Labute approximate surface area is 172 Å². The molecule has 0 saturated carbocycles. The van der Waals surface area contributed by atoms with Crippen LogP contribution in [-0.4, -0.2) is 10.9 Å². The zero-order valence-corrected chi connectivity index (χ0v) is 16.4. The van der Waals surface area contributed by atoms with Crippen molar-refractivity contribution in [3.63, 3.8) is 0 Å². The van der Waals surface area contributed by atoms with Gasteiger partial charge in [0.2, 0.25) is 0 Å². The number of amides is 1. The van der Waals surface area contributed by atoms with Crippen molar-refractivity contribution in [2.45, 2.75) is 19.7 Å². The lowest BCUT2D eigenvalue weighted by Crippen LogP contribution is -2.13. The van der Waals surface area contributed by atoms with Crippen LogP contribution in [0.25, 0.3) is 0 Å². The molecule has 0 atom stereocenters. The Morgan fingerprint density at radius 3 is 2.55 bits per heavy atom. The third-order valence-corrected chi connectivity index (χ3v) is 5.21. The van der Waals surface area contributed by atoms with E-state index in [4.69, 9.17) is 16.3 Å². The molecule has 0 saturated heterocycles. The Morgan fingerprint density at radius 1 is 1.21 bits per heavy atom. The van der Waals surface area contributed by atoms with Crippen LogP contribution in [0.2, 0.25) is 5.02 Å². The maximum Gasteiger partial charge on any atom is 0.417 e. The summed E-state index contributed by atoms with van der Waals surface area (Å²) in [5.41, 5.74) is -0.662. The number of aryl methyl sites for hydroxylation is 1. The Morgan fingerprint density at radius 2 is 1.90 bits per heavy atom. The van der Waals surface area contributed by atoms with Crippen molar-refractivity contribution >= 4 is 34.5 Å². The summed E-state index contributed by atoms with van der Waals surface area (Å²) in [6.07, 6.45) is -4.64. The van der Waals surface area contributed by atoms with E-state index in [1.165, 1.54) is 30.3 Å². The van der Waals surface area contributed by atoms with Crippen molar-refractivity contribution in [3.8, 4) is 5.75 Å². The Hall–Kier alpha value is -2.65. The van der Waals surface area contributed by atoms with Crippen molar-refractivity contribution in [3.05, 3.63) is 74.4 Å². The van der Waals surface area contributed by atoms with Crippen LogP contribution in [0, 0.1) is 12.7 Å². The van der Waals surface area contributed by atoms with Gasteiger partial charge in [0.25, 0.3) is 5.91 Å². The van der Waals surface area contributed by atoms with E-state index in [0.29, 0.717) is 16.5 Å². The number of anilines is 1. The normalized spacial score (nSPS) is 11.4. The average Bonchev–Trinajstić information content (AvgIpc) is 3.03. The van der Waals surface area contributed by atoms with E-state index < -0.39 is 28.5 Å². The summed E-state index contributed by atoms with van der Waals surface area (Å²) in [4.78, 5) is 16.9. The number of carbonyl (C=O) groups excluding carboxylic acids is 1. The summed E-state index contributed by atoms with van der Waals surface area (Å²) in [5.74, 6) is -0.549. The number of hydrogen-bond donors (Lipinski definition) is 1. The smallest absolute Gasteiger partial charge is 0.417 e. The topological polar surface area (TPSA) is 51.2 Å². The van der Waals surface area contributed by atoms with E-state index in [9.17, 15) is 22.4 Å². The van der Waals surface area contributed by atoms with E-state index in [1.807, 2.05) is 0 Å². The van der Waals surface area contributed by atoms with Gasteiger partial charge in [0.1, 0.15) is 28.1 Å². The summed E-state index contributed by atoms with van der Waals surface area (Å²) in [6.45, 7) is 1.67. The molecule has 0 aliphatic rings. The monoisotopic (exact) mass is 444 g/mol. The van der Waals surface area contributed by atoms with Crippen LogP contribution in [-0.2, 0) is 12.8 Å². The van der Waals surface area contributed by atoms with E-state index in [-0.39, 0.29) is 17.2 Å². The van der Waals surface area contributed by atoms with Crippen molar-refractivity contribution in [1.82, 2.24) is 4.98 Å². The number of benzene rings is 2. The minimum atomic E-state index is -4.64. The highest BCUT2D eigenvalue weighted by atomic mass is 35.5. The second-order valence-electron chi connectivity index (χ2n) is 5.91. The van der Waals surface area contributed by atoms with E-state index in [0.717, 1.165) is 23.5 Å². The molecule has 0 unspecified atom stereocenters. The Kier molecular flexibility index (Phi) is 6.09. The number of nitrogens with one attached hydrogen (secondary N) is 1. The molecule has 4 nitrogen and oxygen atoms in total.